The summed E-state index contributed by atoms with van der Waals surface area (Å²) >= 11 is 0. The van der Waals surface area contributed by atoms with Crippen molar-refractivity contribution < 1.29 is 23.9 Å². The molecule has 0 aromatic heterocycles. The van der Waals surface area contributed by atoms with Crippen LogP contribution in [0.15, 0.2) is 48.5 Å². The Morgan fingerprint density at radius 1 is 0.700 bits per heavy atom. The monoisotopic (exact) mass is 400 g/mol. The van der Waals surface area contributed by atoms with Crippen LogP contribution >= 0.6 is 0 Å². The van der Waals surface area contributed by atoms with Gasteiger partial charge in [0.05, 0.1) is 12.3 Å². The molecular formula is C23H16N2O5. The van der Waals surface area contributed by atoms with Gasteiger partial charge in [-0.2, -0.15) is 0 Å². The molecule has 4 amide bonds. The van der Waals surface area contributed by atoms with Crippen LogP contribution < -0.4 is 4.90 Å². The van der Waals surface area contributed by atoms with E-state index in [4.69, 9.17) is 4.74 Å². The van der Waals surface area contributed by atoms with Crippen molar-refractivity contribution in [3.05, 3.63) is 76.3 Å². The number of para-hydroxylation sites is 1. The van der Waals surface area contributed by atoms with Crippen LogP contribution in [-0.2, 0) is 11.3 Å². The molecule has 0 atom stereocenters. The average Bonchev–Trinajstić information content (AvgIpc) is 2.76. The smallest absolute Gasteiger partial charge is 0.265 e. The molecule has 0 saturated carbocycles. The molecule has 0 aliphatic carbocycles. The van der Waals surface area contributed by atoms with Gasteiger partial charge in [-0.3, -0.25) is 24.1 Å². The summed E-state index contributed by atoms with van der Waals surface area (Å²) in [6.07, 6.45) is 0. The molecule has 0 spiro atoms. The van der Waals surface area contributed by atoms with Crippen molar-refractivity contribution >= 4 is 40.1 Å². The first-order valence-corrected chi connectivity index (χ1v) is 9.33. The topological polar surface area (TPSA) is 84.0 Å². The highest BCUT2D eigenvalue weighted by Crippen LogP contribution is 2.39. The van der Waals surface area contributed by atoms with E-state index in [0.717, 1.165) is 9.80 Å². The van der Waals surface area contributed by atoms with E-state index in [0.29, 0.717) is 33.2 Å². The highest BCUT2D eigenvalue weighted by Gasteiger charge is 2.39. The Labute approximate surface area is 171 Å². The standard InChI is InChI=1S/C23H16N2O5/c1-24-20(26)13-7-9-15-19-16(10-8-14(18(13)19)21(24)27)23(29)25(22(15)28)17-6-4-3-5-12(17)11-30-2/h3-10H,11H2,1-2H3. The first-order valence-electron chi connectivity index (χ1n) is 9.33. The molecule has 148 valence electrons. The molecule has 0 fully saturated rings. The lowest BCUT2D eigenvalue weighted by atomic mass is 9.86. The number of hydrogen-bond donors (Lipinski definition) is 0. The van der Waals surface area contributed by atoms with Crippen molar-refractivity contribution in [2.75, 3.05) is 19.1 Å². The van der Waals surface area contributed by atoms with Gasteiger partial charge in [-0.25, -0.2) is 4.90 Å². The van der Waals surface area contributed by atoms with Crippen molar-refractivity contribution in [1.29, 1.82) is 0 Å². The summed E-state index contributed by atoms with van der Waals surface area (Å²) in [6, 6.07) is 13.2. The summed E-state index contributed by atoms with van der Waals surface area (Å²) in [7, 11) is 2.96. The molecule has 5 rings (SSSR count). The zero-order valence-electron chi connectivity index (χ0n) is 16.3. The van der Waals surface area contributed by atoms with Crippen LogP contribution in [0.2, 0.25) is 0 Å². The molecule has 3 aromatic carbocycles. The van der Waals surface area contributed by atoms with Gasteiger partial charge in [0.2, 0.25) is 0 Å². The Balaban J connectivity index is 1.79. The number of imide groups is 2. The van der Waals surface area contributed by atoms with Crippen molar-refractivity contribution in [3.8, 4) is 0 Å². The lowest BCUT2D eigenvalue weighted by Crippen LogP contribution is -2.42. The van der Waals surface area contributed by atoms with Crippen LogP contribution in [0.1, 0.15) is 47.0 Å². The van der Waals surface area contributed by atoms with Gasteiger partial charge >= 0.3 is 0 Å². The van der Waals surface area contributed by atoms with Crippen LogP contribution in [0.4, 0.5) is 5.69 Å². The third-order valence-electron chi connectivity index (χ3n) is 5.63. The minimum Gasteiger partial charge on any atom is -0.380 e. The second kappa shape index (κ2) is 6.33. The quantitative estimate of drug-likeness (QED) is 0.631. The maximum absolute atomic E-state index is 13.4. The summed E-state index contributed by atoms with van der Waals surface area (Å²) in [5.74, 6) is -1.91. The molecule has 7 heteroatoms. The number of hydrogen-bond acceptors (Lipinski definition) is 5. The molecule has 0 N–H and O–H groups in total. The molecule has 0 saturated heterocycles. The number of ether oxygens (including phenoxy) is 1. The van der Waals surface area contributed by atoms with Gasteiger partial charge in [0, 0.05) is 52.7 Å². The van der Waals surface area contributed by atoms with Gasteiger partial charge in [0.15, 0.2) is 0 Å². The van der Waals surface area contributed by atoms with Crippen LogP contribution in [0.25, 0.3) is 10.8 Å². The zero-order valence-corrected chi connectivity index (χ0v) is 16.3. The summed E-state index contributed by atoms with van der Waals surface area (Å²) in [5, 5.41) is 0.722. The van der Waals surface area contributed by atoms with E-state index in [1.54, 1.807) is 49.6 Å². The maximum atomic E-state index is 13.4. The van der Waals surface area contributed by atoms with E-state index in [2.05, 4.69) is 0 Å². The first kappa shape index (κ1) is 18.2. The summed E-state index contributed by atoms with van der Waals surface area (Å²) in [4.78, 5) is 54.2. The molecule has 0 bridgehead atoms. The highest BCUT2D eigenvalue weighted by atomic mass is 16.5. The summed E-state index contributed by atoms with van der Waals surface area (Å²) in [6.45, 7) is 0.239. The fraction of sp³-hybridized carbons (Fsp3) is 0.130. The third-order valence-corrected chi connectivity index (χ3v) is 5.63. The Kier molecular flexibility index (Phi) is 3.84. The molecule has 2 aliphatic heterocycles. The van der Waals surface area contributed by atoms with Crippen molar-refractivity contribution in [2.24, 2.45) is 0 Å². The molecule has 0 unspecified atom stereocenters. The number of methoxy groups -OCH3 is 1. The van der Waals surface area contributed by atoms with Crippen molar-refractivity contribution in [1.82, 2.24) is 4.90 Å². The normalized spacial score (nSPS) is 15.4. The first-order chi connectivity index (χ1) is 14.5. The van der Waals surface area contributed by atoms with E-state index in [1.807, 2.05) is 6.07 Å². The summed E-state index contributed by atoms with van der Waals surface area (Å²) < 4.78 is 5.22. The van der Waals surface area contributed by atoms with Gasteiger partial charge in [-0.1, -0.05) is 18.2 Å². The van der Waals surface area contributed by atoms with Gasteiger partial charge in [-0.15, -0.1) is 0 Å². The molecule has 2 heterocycles. The number of carbonyl (C=O) groups is 4. The van der Waals surface area contributed by atoms with Crippen molar-refractivity contribution in [3.63, 3.8) is 0 Å². The number of carbonyl (C=O) groups excluding carboxylic acids is 4. The van der Waals surface area contributed by atoms with Crippen molar-refractivity contribution in [2.45, 2.75) is 6.61 Å². The van der Waals surface area contributed by atoms with E-state index >= 15 is 0 Å². The maximum Gasteiger partial charge on any atom is 0.265 e. The zero-order chi connectivity index (χ0) is 21.2. The predicted octanol–water partition coefficient (Wildman–Crippen LogP) is 3.01. The number of nitrogens with zero attached hydrogens (tertiary/aromatic N) is 2. The second-order valence-electron chi connectivity index (χ2n) is 7.25. The van der Waals surface area contributed by atoms with Gasteiger partial charge in [-0.05, 0) is 30.3 Å². The lowest BCUT2D eigenvalue weighted by molar-refractivity contribution is 0.0649. The SMILES string of the molecule is COCc1ccccc1N1C(=O)c2ccc3c4c(ccc(c24)C1=O)C(=O)N(C)C3=O. The molecule has 3 aromatic rings. The molecular weight excluding hydrogens is 384 g/mol. The Bertz CT molecular complexity index is 1240. The van der Waals surface area contributed by atoms with E-state index in [1.165, 1.54) is 7.05 Å². The third kappa shape index (κ3) is 2.23. The Hall–Kier alpha value is -3.84. The molecule has 7 nitrogen and oxygen atoms in total. The van der Waals surface area contributed by atoms with Crippen LogP contribution in [-0.4, -0.2) is 42.7 Å². The Morgan fingerprint density at radius 2 is 1.17 bits per heavy atom. The minimum absolute atomic E-state index is 0.239. The minimum atomic E-state index is -0.501. The van der Waals surface area contributed by atoms with Crippen LogP contribution in [0.3, 0.4) is 0 Å². The molecule has 2 aliphatic rings. The number of rotatable bonds is 3. The van der Waals surface area contributed by atoms with E-state index in [9.17, 15) is 19.2 Å². The molecule has 0 radical (unpaired) electrons. The predicted molar refractivity (Wildman–Crippen MR) is 109 cm³/mol. The number of amides is 4. The van der Waals surface area contributed by atoms with Gasteiger partial charge < -0.3 is 4.74 Å². The fourth-order valence-corrected chi connectivity index (χ4v) is 4.22. The van der Waals surface area contributed by atoms with Crippen LogP contribution in [0.5, 0.6) is 0 Å². The van der Waals surface area contributed by atoms with Gasteiger partial charge in [0.25, 0.3) is 23.6 Å². The van der Waals surface area contributed by atoms with E-state index < -0.39 is 23.6 Å². The van der Waals surface area contributed by atoms with Gasteiger partial charge in [0.1, 0.15) is 0 Å². The highest BCUT2D eigenvalue weighted by molar-refractivity contribution is 6.39. The number of anilines is 1. The summed E-state index contributed by atoms with van der Waals surface area (Å²) in [5.41, 5.74) is 2.32. The average molecular weight is 400 g/mol. The fourth-order valence-electron chi connectivity index (χ4n) is 4.22. The lowest BCUT2D eigenvalue weighted by Gasteiger charge is -2.31. The van der Waals surface area contributed by atoms with Crippen LogP contribution in [0, 0.1) is 0 Å². The Morgan fingerprint density at radius 3 is 1.67 bits per heavy atom. The molecule has 30 heavy (non-hydrogen) atoms. The van der Waals surface area contributed by atoms with E-state index in [-0.39, 0.29) is 17.7 Å². The number of benzene rings is 3. The largest absolute Gasteiger partial charge is 0.380 e. The second-order valence-corrected chi connectivity index (χ2v) is 7.25.